The molecule has 1 N–H and O–H groups in total. The number of likely N-dealkylation sites (tertiary alicyclic amines) is 1. The van der Waals surface area contributed by atoms with E-state index in [2.05, 4.69) is 31.0 Å². The Balaban J connectivity index is 1.40. The maximum absolute atomic E-state index is 10.3. The highest BCUT2D eigenvalue weighted by Crippen LogP contribution is 2.44. The van der Waals surface area contributed by atoms with Crippen LogP contribution in [-0.4, -0.2) is 38.9 Å². The third-order valence-corrected chi connectivity index (χ3v) is 4.37. The van der Waals surface area contributed by atoms with Crippen molar-refractivity contribution in [1.29, 1.82) is 0 Å². The zero-order valence-electron chi connectivity index (χ0n) is 10.8. The zero-order valence-corrected chi connectivity index (χ0v) is 12.3. The van der Waals surface area contributed by atoms with Crippen molar-refractivity contribution in [3.05, 3.63) is 22.7 Å². The minimum Gasteiger partial charge on any atom is -0.444 e. The van der Waals surface area contributed by atoms with Crippen LogP contribution in [0.5, 0.6) is 0 Å². The van der Waals surface area contributed by atoms with Crippen molar-refractivity contribution in [2.75, 3.05) is 13.1 Å². The first-order chi connectivity index (χ1) is 9.62. The molecule has 0 amide bonds. The average molecular weight is 340 g/mol. The van der Waals surface area contributed by atoms with E-state index in [1.807, 2.05) is 0 Å². The van der Waals surface area contributed by atoms with Crippen molar-refractivity contribution < 1.29 is 13.9 Å². The van der Waals surface area contributed by atoms with Gasteiger partial charge in [0.25, 0.3) is 5.89 Å². The second-order valence-corrected chi connectivity index (χ2v) is 6.41. The van der Waals surface area contributed by atoms with Gasteiger partial charge in [-0.05, 0) is 46.8 Å². The number of hydrogen-bond donors (Lipinski definition) is 1. The van der Waals surface area contributed by atoms with Gasteiger partial charge in [-0.2, -0.15) is 0 Å². The molecule has 20 heavy (non-hydrogen) atoms. The summed E-state index contributed by atoms with van der Waals surface area (Å²) < 4.78 is 11.6. The van der Waals surface area contributed by atoms with Crippen LogP contribution >= 0.6 is 15.9 Å². The summed E-state index contributed by atoms with van der Waals surface area (Å²) in [6.45, 7) is 1.97. The van der Waals surface area contributed by atoms with Crippen molar-refractivity contribution in [3.63, 3.8) is 0 Å². The van der Waals surface area contributed by atoms with Crippen LogP contribution in [0.1, 0.15) is 18.7 Å². The Kier molecular flexibility index (Phi) is 2.77. The normalized spacial score (nSPS) is 21.9. The molecule has 106 valence electrons. The van der Waals surface area contributed by atoms with E-state index in [4.69, 9.17) is 8.83 Å². The number of nitrogens with zero attached hydrogens (tertiary/aromatic N) is 3. The van der Waals surface area contributed by atoms with Gasteiger partial charge >= 0.3 is 0 Å². The third kappa shape index (κ3) is 2.19. The predicted molar refractivity (Wildman–Crippen MR) is 72.7 cm³/mol. The largest absolute Gasteiger partial charge is 0.444 e. The van der Waals surface area contributed by atoms with Gasteiger partial charge in [0, 0.05) is 13.1 Å². The van der Waals surface area contributed by atoms with Crippen LogP contribution in [0.25, 0.3) is 11.7 Å². The van der Waals surface area contributed by atoms with Gasteiger partial charge in [-0.15, -0.1) is 10.2 Å². The summed E-state index contributed by atoms with van der Waals surface area (Å²) in [7, 11) is 0. The van der Waals surface area contributed by atoms with Crippen LogP contribution < -0.4 is 0 Å². The molecular weight excluding hydrogens is 326 g/mol. The molecule has 2 aromatic rings. The van der Waals surface area contributed by atoms with Crippen LogP contribution in [-0.2, 0) is 6.54 Å². The molecule has 0 unspecified atom stereocenters. The maximum atomic E-state index is 10.3. The Morgan fingerprint density at radius 1 is 1.30 bits per heavy atom. The molecule has 0 radical (unpaired) electrons. The van der Waals surface area contributed by atoms with Crippen molar-refractivity contribution in [3.8, 4) is 11.7 Å². The highest BCUT2D eigenvalue weighted by Gasteiger charge is 2.51. The first-order valence-corrected chi connectivity index (χ1v) is 7.44. The molecule has 0 aromatic carbocycles. The second kappa shape index (κ2) is 4.41. The second-order valence-electron chi connectivity index (χ2n) is 5.63. The quantitative estimate of drug-likeness (QED) is 0.918. The molecule has 4 rings (SSSR count). The molecule has 1 saturated carbocycles. The smallest absolute Gasteiger partial charge is 0.283 e. The zero-order chi connectivity index (χ0) is 13.7. The molecule has 7 heteroatoms. The van der Waals surface area contributed by atoms with Crippen molar-refractivity contribution >= 4 is 15.9 Å². The molecule has 6 nitrogen and oxygen atoms in total. The molecule has 2 aliphatic rings. The number of aromatic nitrogens is 2. The number of halogens is 1. The van der Waals surface area contributed by atoms with Crippen molar-refractivity contribution in [2.45, 2.75) is 25.0 Å². The highest BCUT2D eigenvalue weighted by atomic mass is 79.9. The van der Waals surface area contributed by atoms with Gasteiger partial charge in [0.1, 0.15) is 0 Å². The fourth-order valence-corrected chi connectivity index (χ4v) is 3.06. The third-order valence-electron chi connectivity index (χ3n) is 3.94. The Morgan fingerprint density at radius 3 is 2.75 bits per heavy atom. The number of furan rings is 1. The molecule has 2 aromatic heterocycles. The molecule has 1 aliphatic carbocycles. The van der Waals surface area contributed by atoms with Crippen LogP contribution in [0, 0.1) is 5.92 Å². The topological polar surface area (TPSA) is 75.5 Å². The summed E-state index contributed by atoms with van der Waals surface area (Å²) in [6, 6.07) is 3.56. The molecule has 3 heterocycles. The van der Waals surface area contributed by atoms with Gasteiger partial charge in [0.15, 0.2) is 10.4 Å². The lowest BCUT2D eigenvalue weighted by Crippen LogP contribution is -2.62. The fourth-order valence-electron chi connectivity index (χ4n) is 2.76. The number of aliphatic hydroxyl groups is 1. The van der Waals surface area contributed by atoms with E-state index in [9.17, 15) is 5.11 Å². The summed E-state index contributed by atoms with van der Waals surface area (Å²) >= 11 is 3.24. The van der Waals surface area contributed by atoms with Gasteiger partial charge in [-0.1, -0.05) is 0 Å². The van der Waals surface area contributed by atoms with Gasteiger partial charge in [0.2, 0.25) is 5.89 Å². The van der Waals surface area contributed by atoms with E-state index in [0.717, 1.165) is 12.8 Å². The lowest BCUT2D eigenvalue weighted by Gasteiger charge is -2.46. The van der Waals surface area contributed by atoms with E-state index in [-0.39, 0.29) is 0 Å². The minimum atomic E-state index is -0.477. The van der Waals surface area contributed by atoms with E-state index in [0.29, 0.717) is 47.8 Å². The summed E-state index contributed by atoms with van der Waals surface area (Å²) in [5, 5.41) is 18.2. The number of hydrogen-bond acceptors (Lipinski definition) is 6. The van der Waals surface area contributed by atoms with E-state index >= 15 is 0 Å². The van der Waals surface area contributed by atoms with E-state index in [1.54, 1.807) is 12.1 Å². The molecule has 0 atom stereocenters. The minimum absolute atomic E-state index is 0.378. The lowest BCUT2D eigenvalue weighted by atomic mass is 9.89. The van der Waals surface area contributed by atoms with Crippen LogP contribution in [0.3, 0.4) is 0 Å². The summed E-state index contributed by atoms with van der Waals surface area (Å²) in [5.74, 6) is 1.97. The Labute approximate surface area is 123 Å². The van der Waals surface area contributed by atoms with Crippen molar-refractivity contribution in [2.24, 2.45) is 5.92 Å². The monoisotopic (exact) mass is 339 g/mol. The van der Waals surface area contributed by atoms with Crippen LogP contribution in [0.15, 0.2) is 25.6 Å². The summed E-state index contributed by atoms with van der Waals surface area (Å²) in [6.07, 6.45) is 2.31. The Morgan fingerprint density at radius 2 is 2.10 bits per heavy atom. The Hall–Kier alpha value is -1.18. The predicted octanol–water partition coefficient (Wildman–Crippen LogP) is 2.05. The highest BCUT2D eigenvalue weighted by molar-refractivity contribution is 9.10. The summed E-state index contributed by atoms with van der Waals surface area (Å²) in [5.41, 5.74) is -0.477. The lowest BCUT2D eigenvalue weighted by molar-refractivity contribution is -0.118. The van der Waals surface area contributed by atoms with Gasteiger partial charge in [0.05, 0.1) is 12.1 Å². The summed E-state index contributed by atoms with van der Waals surface area (Å²) in [4.78, 5) is 2.12. The molecule has 2 fully saturated rings. The molecule has 0 spiro atoms. The number of β-amino-alcohol motifs (C(OH)–C–C–N with tert-alkyl or cyclic N) is 1. The average Bonchev–Trinajstić information content (AvgIpc) is 3.00. The van der Waals surface area contributed by atoms with E-state index < -0.39 is 5.60 Å². The van der Waals surface area contributed by atoms with Gasteiger partial charge in [-0.3, -0.25) is 4.90 Å². The molecule has 1 aliphatic heterocycles. The Bertz CT molecular complexity index is 628. The SMILES string of the molecule is OC1(C2CC2)CN(Cc2nnc(-c3ccc(Br)o3)o2)C1. The first kappa shape index (κ1) is 12.6. The molecule has 0 bridgehead atoms. The molecule has 1 saturated heterocycles. The first-order valence-electron chi connectivity index (χ1n) is 6.65. The van der Waals surface area contributed by atoms with Crippen LogP contribution in [0.2, 0.25) is 0 Å². The van der Waals surface area contributed by atoms with Crippen LogP contribution in [0.4, 0.5) is 0 Å². The number of rotatable bonds is 4. The van der Waals surface area contributed by atoms with Gasteiger partial charge in [-0.25, -0.2) is 0 Å². The maximum Gasteiger partial charge on any atom is 0.283 e. The fraction of sp³-hybridized carbons (Fsp3) is 0.538. The van der Waals surface area contributed by atoms with E-state index in [1.165, 1.54) is 0 Å². The molecular formula is C13H14BrN3O3. The standard InChI is InChI=1S/C13H14BrN3O3/c14-10-4-3-9(19-10)12-16-15-11(20-12)5-17-6-13(18,7-17)8-1-2-8/h3-4,8,18H,1-2,5-7H2. The van der Waals surface area contributed by atoms with Gasteiger partial charge < -0.3 is 13.9 Å². The van der Waals surface area contributed by atoms with Crippen molar-refractivity contribution in [1.82, 2.24) is 15.1 Å².